The molecule has 90 valence electrons. The molecule has 17 heavy (non-hydrogen) atoms. The van der Waals surface area contributed by atoms with E-state index in [1.54, 1.807) is 6.20 Å². The monoisotopic (exact) mass is 230 g/mol. The van der Waals surface area contributed by atoms with Gasteiger partial charge in [0, 0.05) is 12.2 Å². The van der Waals surface area contributed by atoms with Crippen molar-refractivity contribution in [1.29, 1.82) is 0 Å². The second-order valence-corrected chi connectivity index (χ2v) is 4.95. The molecule has 1 saturated carbocycles. The molecule has 0 radical (unpaired) electrons. The van der Waals surface area contributed by atoms with Crippen molar-refractivity contribution in [3.63, 3.8) is 0 Å². The van der Waals surface area contributed by atoms with Crippen molar-refractivity contribution in [2.45, 2.75) is 38.6 Å². The van der Waals surface area contributed by atoms with Crippen LogP contribution in [-0.2, 0) is 0 Å². The maximum atomic E-state index is 6.05. The molecule has 2 heterocycles. The lowest BCUT2D eigenvalue weighted by Crippen LogP contribution is -2.12. The van der Waals surface area contributed by atoms with E-state index in [0.717, 1.165) is 23.4 Å². The fourth-order valence-electron chi connectivity index (χ4n) is 2.55. The van der Waals surface area contributed by atoms with Gasteiger partial charge in [-0.15, -0.1) is 0 Å². The Morgan fingerprint density at radius 1 is 1.53 bits per heavy atom. The molecule has 1 unspecified atom stereocenters. The number of nitrogens with two attached hydrogens (primary N) is 1. The Labute approximate surface area is 101 Å². The topological polar surface area (TPSA) is 56.7 Å². The summed E-state index contributed by atoms with van der Waals surface area (Å²) in [5, 5.41) is 0. The van der Waals surface area contributed by atoms with Gasteiger partial charge in [-0.25, -0.2) is 4.98 Å². The average Bonchev–Trinajstić information content (AvgIpc) is 3.08. The minimum atomic E-state index is 0.481. The minimum Gasteiger partial charge on any atom is -0.369 e. The Morgan fingerprint density at radius 3 is 3.06 bits per heavy atom. The average molecular weight is 230 g/mol. The van der Waals surface area contributed by atoms with Crippen LogP contribution in [0.15, 0.2) is 18.5 Å². The molecule has 2 N–H and O–H groups in total. The van der Waals surface area contributed by atoms with Gasteiger partial charge >= 0.3 is 0 Å². The first-order valence-electron chi connectivity index (χ1n) is 6.37. The van der Waals surface area contributed by atoms with Gasteiger partial charge in [-0.05, 0) is 24.8 Å². The number of nitrogen functional groups attached to an aromatic ring is 1. The van der Waals surface area contributed by atoms with E-state index in [9.17, 15) is 0 Å². The molecule has 0 amide bonds. The number of hydrogen-bond donors (Lipinski definition) is 1. The highest BCUT2D eigenvalue weighted by Gasteiger charge is 2.27. The molecule has 2 aromatic rings. The predicted molar refractivity (Wildman–Crippen MR) is 68.6 cm³/mol. The third-order valence-corrected chi connectivity index (χ3v) is 3.66. The molecule has 4 nitrogen and oxygen atoms in total. The van der Waals surface area contributed by atoms with Crippen LogP contribution >= 0.6 is 0 Å². The number of nitrogens with zero attached hydrogens (tertiary/aromatic N) is 3. The number of rotatable bonds is 4. The highest BCUT2D eigenvalue weighted by Crippen LogP contribution is 2.39. The van der Waals surface area contributed by atoms with Crippen molar-refractivity contribution in [3.05, 3.63) is 18.5 Å². The molecule has 0 saturated heterocycles. The van der Waals surface area contributed by atoms with E-state index in [-0.39, 0.29) is 0 Å². The highest BCUT2D eigenvalue weighted by atomic mass is 15.2. The normalized spacial score (nSPS) is 17.5. The largest absolute Gasteiger partial charge is 0.369 e. The van der Waals surface area contributed by atoms with Crippen molar-refractivity contribution in [2.24, 2.45) is 5.92 Å². The van der Waals surface area contributed by atoms with Gasteiger partial charge in [-0.3, -0.25) is 4.98 Å². The van der Waals surface area contributed by atoms with Gasteiger partial charge in [0.2, 0.25) is 5.95 Å². The number of imidazole rings is 1. The summed E-state index contributed by atoms with van der Waals surface area (Å²) in [6, 6.07) is 2.49. The Balaban J connectivity index is 2.03. The fourth-order valence-corrected chi connectivity index (χ4v) is 2.55. The van der Waals surface area contributed by atoms with E-state index in [4.69, 9.17) is 5.73 Å². The quantitative estimate of drug-likeness (QED) is 0.878. The van der Waals surface area contributed by atoms with E-state index in [0.29, 0.717) is 12.0 Å². The van der Waals surface area contributed by atoms with Crippen molar-refractivity contribution in [2.75, 3.05) is 5.73 Å². The van der Waals surface area contributed by atoms with E-state index >= 15 is 0 Å². The van der Waals surface area contributed by atoms with Crippen LogP contribution in [0.1, 0.15) is 38.6 Å². The lowest BCUT2D eigenvalue weighted by atomic mass is 10.1. The maximum absolute atomic E-state index is 6.05. The molecule has 0 aromatic carbocycles. The van der Waals surface area contributed by atoms with Gasteiger partial charge in [0.1, 0.15) is 5.52 Å². The lowest BCUT2D eigenvalue weighted by Gasteiger charge is -2.18. The van der Waals surface area contributed by atoms with E-state index in [2.05, 4.69) is 21.5 Å². The minimum absolute atomic E-state index is 0.481. The Bertz CT molecular complexity index is 527. The van der Waals surface area contributed by atoms with Gasteiger partial charge in [0.05, 0.1) is 11.7 Å². The first-order valence-corrected chi connectivity index (χ1v) is 6.37. The first kappa shape index (κ1) is 10.6. The summed E-state index contributed by atoms with van der Waals surface area (Å²) in [5.74, 6) is 1.53. The van der Waals surface area contributed by atoms with Crippen molar-refractivity contribution in [3.8, 4) is 0 Å². The van der Waals surface area contributed by atoms with E-state index < -0.39 is 0 Å². The van der Waals surface area contributed by atoms with Crippen LogP contribution in [0.25, 0.3) is 11.0 Å². The summed E-state index contributed by atoms with van der Waals surface area (Å²) in [7, 11) is 0. The first-order chi connectivity index (χ1) is 8.29. The van der Waals surface area contributed by atoms with Crippen LogP contribution in [0.5, 0.6) is 0 Å². The SMILES string of the molecule is CCC(CC1CC1)n1c(N)nc2cnccc21. The zero-order valence-electron chi connectivity index (χ0n) is 10.1. The molecular weight excluding hydrogens is 212 g/mol. The molecule has 4 heteroatoms. The van der Waals surface area contributed by atoms with Crippen LogP contribution < -0.4 is 5.73 Å². The molecule has 1 aliphatic rings. The summed E-state index contributed by atoms with van der Waals surface area (Å²) >= 11 is 0. The van der Waals surface area contributed by atoms with Gasteiger partial charge in [-0.1, -0.05) is 19.8 Å². The zero-order valence-corrected chi connectivity index (χ0v) is 10.1. The molecule has 1 atom stereocenters. The van der Waals surface area contributed by atoms with E-state index in [1.165, 1.54) is 19.3 Å². The van der Waals surface area contributed by atoms with Crippen LogP contribution in [0.2, 0.25) is 0 Å². The highest BCUT2D eigenvalue weighted by molar-refractivity contribution is 5.77. The molecule has 0 bridgehead atoms. The zero-order chi connectivity index (χ0) is 11.8. The van der Waals surface area contributed by atoms with Gasteiger partial charge in [0.25, 0.3) is 0 Å². The standard InChI is InChI=1S/C13H18N4/c1-2-10(7-9-3-4-9)17-12-5-6-15-8-11(12)16-13(17)14/h5-6,8-10H,2-4,7H2,1H3,(H2,14,16). The van der Waals surface area contributed by atoms with Gasteiger partial charge in [-0.2, -0.15) is 0 Å². The predicted octanol–water partition coefficient (Wildman–Crippen LogP) is 2.76. The fraction of sp³-hybridized carbons (Fsp3) is 0.538. The van der Waals surface area contributed by atoms with Crippen LogP contribution in [0.4, 0.5) is 5.95 Å². The molecule has 1 aliphatic carbocycles. The van der Waals surface area contributed by atoms with Crippen LogP contribution in [0, 0.1) is 5.92 Å². The second-order valence-electron chi connectivity index (χ2n) is 4.95. The third kappa shape index (κ3) is 1.88. The molecule has 1 fully saturated rings. The molecule has 0 aliphatic heterocycles. The number of fused-ring (bicyclic) bond motifs is 1. The Kier molecular flexibility index (Phi) is 2.50. The Morgan fingerprint density at radius 2 is 2.35 bits per heavy atom. The number of aromatic nitrogens is 3. The summed E-state index contributed by atoms with van der Waals surface area (Å²) in [5.41, 5.74) is 8.07. The van der Waals surface area contributed by atoms with Crippen molar-refractivity contribution < 1.29 is 0 Å². The van der Waals surface area contributed by atoms with Crippen LogP contribution in [-0.4, -0.2) is 14.5 Å². The summed E-state index contributed by atoms with van der Waals surface area (Å²) < 4.78 is 2.19. The van der Waals surface area contributed by atoms with Crippen LogP contribution in [0.3, 0.4) is 0 Å². The third-order valence-electron chi connectivity index (χ3n) is 3.66. The lowest BCUT2D eigenvalue weighted by molar-refractivity contribution is 0.442. The molecule has 0 spiro atoms. The summed E-state index contributed by atoms with van der Waals surface area (Å²) in [6.45, 7) is 2.22. The van der Waals surface area contributed by atoms with Gasteiger partial charge < -0.3 is 10.3 Å². The number of pyridine rings is 1. The smallest absolute Gasteiger partial charge is 0.201 e. The summed E-state index contributed by atoms with van der Waals surface area (Å²) in [4.78, 5) is 8.48. The van der Waals surface area contributed by atoms with Crippen molar-refractivity contribution >= 4 is 17.0 Å². The van der Waals surface area contributed by atoms with Gasteiger partial charge in [0.15, 0.2) is 0 Å². The maximum Gasteiger partial charge on any atom is 0.201 e. The molecule has 3 rings (SSSR count). The number of hydrogen-bond acceptors (Lipinski definition) is 3. The molecular formula is C13H18N4. The Hall–Kier alpha value is -1.58. The second kappa shape index (κ2) is 4.02. The molecule has 2 aromatic heterocycles. The van der Waals surface area contributed by atoms with Crippen molar-refractivity contribution in [1.82, 2.24) is 14.5 Å². The summed E-state index contributed by atoms with van der Waals surface area (Å²) in [6.07, 6.45) is 8.69. The van der Waals surface area contributed by atoms with E-state index in [1.807, 2.05) is 12.3 Å². The number of anilines is 1.